The summed E-state index contributed by atoms with van der Waals surface area (Å²) in [6.07, 6.45) is 1.42. The minimum Gasteiger partial charge on any atom is -0.383 e. The van der Waals surface area contributed by atoms with Crippen LogP contribution in [0.15, 0.2) is 33.5 Å². The largest absolute Gasteiger partial charge is 0.383 e. The number of rotatable bonds is 2. The maximum absolute atomic E-state index is 5.69. The first-order chi connectivity index (χ1) is 8.08. The van der Waals surface area contributed by atoms with E-state index in [-0.39, 0.29) is 0 Å². The molecule has 0 radical (unpaired) electrons. The van der Waals surface area contributed by atoms with Crippen molar-refractivity contribution in [3.63, 3.8) is 0 Å². The van der Waals surface area contributed by atoms with Crippen LogP contribution in [0.25, 0.3) is 0 Å². The van der Waals surface area contributed by atoms with Crippen LogP contribution in [0.4, 0.5) is 17.3 Å². The van der Waals surface area contributed by atoms with Gasteiger partial charge < -0.3 is 11.1 Å². The van der Waals surface area contributed by atoms with Crippen LogP contribution in [-0.4, -0.2) is 9.97 Å². The third kappa shape index (κ3) is 2.76. The van der Waals surface area contributed by atoms with Crippen LogP contribution in [-0.2, 0) is 0 Å². The summed E-state index contributed by atoms with van der Waals surface area (Å²) in [6, 6.07) is 6.02. The van der Waals surface area contributed by atoms with Gasteiger partial charge >= 0.3 is 0 Å². The van der Waals surface area contributed by atoms with Gasteiger partial charge in [0.2, 0.25) is 0 Å². The molecule has 2 aromatic rings. The van der Waals surface area contributed by atoms with Gasteiger partial charge in [-0.2, -0.15) is 0 Å². The predicted octanol–water partition coefficient (Wildman–Crippen LogP) is 3.64. The molecule has 88 valence electrons. The average Bonchev–Trinajstić information content (AvgIpc) is 2.28. The number of aromatic nitrogens is 2. The molecule has 6 heteroatoms. The van der Waals surface area contributed by atoms with Crippen molar-refractivity contribution in [1.82, 2.24) is 9.97 Å². The zero-order chi connectivity index (χ0) is 12.4. The van der Waals surface area contributed by atoms with Crippen molar-refractivity contribution in [1.29, 1.82) is 0 Å². The number of anilines is 3. The quantitative estimate of drug-likeness (QED) is 0.861. The van der Waals surface area contributed by atoms with E-state index in [1.54, 1.807) is 0 Å². The molecule has 0 aliphatic rings. The Kier molecular flexibility index (Phi) is 3.63. The van der Waals surface area contributed by atoms with Crippen molar-refractivity contribution in [2.45, 2.75) is 6.92 Å². The molecule has 0 aliphatic heterocycles. The van der Waals surface area contributed by atoms with Gasteiger partial charge in [-0.1, -0.05) is 6.07 Å². The zero-order valence-corrected chi connectivity index (χ0v) is 12.2. The summed E-state index contributed by atoms with van der Waals surface area (Å²) < 4.78 is 1.63. The third-order valence-corrected chi connectivity index (χ3v) is 3.63. The normalized spacial score (nSPS) is 10.3. The van der Waals surface area contributed by atoms with E-state index in [9.17, 15) is 0 Å². The Morgan fingerprint density at radius 2 is 2.00 bits per heavy atom. The van der Waals surface area contributed by atoms with E-state index >= 15 is 0 Å². The minimum absolute atomic E-state index is 0.408. The molecule has 1 heterocycles. The van der Waals surface area contributed by atoms with Crippen molar-refractivity contribution in [3.8, 4) is 0 Å². The third-order valence-electron chi connectivity index (χ3n) is 2.19. The molecule has 17 heavy (non-hydrogen) atoms. The monoisotopic (exact) mass is 356 g/mol. The number of nitrogens with zero attached hydrogens (tertiary/aromatic N) is 2. The number of hydrogen-bond donors (Lipinski definition) is 2. The highest BCUT2D eigenvalue weighted by atomic mass is 79.9. The molecule has 3 N–H and O–H groups in total. The SMILES string of the molecule is Cc1ccc(Nc2ncnc(N)c2Br)c(Br)c1. The molecular weight excluding hydrogens is 348 g/mol. The fraction of sp³-hybridized carbons (Fsp3) is 0.0909. The Balaban J connectivity index is 2.35. The van der Waals surface area contributed by atoms with Crippen molar-refractivity contribution in [2.75, 3.05) is 11.1 Å². The highest BCUT2D eigenvalue weighted by Gasteiger charge is 2.07. The first-order valence-corrected chi connectivity index (χ1v) is 6.45. The Bertz CT molecular complexity index is 557. The molecule has 4 nitrogen and oxygen atoms in total. The summed E-state index contributed by atoms with van der Waals surface area (Å²) in [6.45, 7) is 2.03. The van der Waals surface area contributed by atoms with Gasteiger partial charge in [-0.05, 0) is 56.5 Å². The van der Waals surface area contributed by atoms with Crippen LogP contribution >= 0.6 is 31.9 Å². The molecule has 0 aliphatic carbocycles. The van der Waals surface area contributed by atoms with Crippen LogP contribution in [0.2, 0.25) is 0 Å². The van der Waals surface area contributed by atoms with Gasteiger partial charge in [0.15, 0.2) is 0 Å². The maximum atomic E-state index is 5.69. The first kappa shape index (κ1) is 12.3. The lowest BCUT2D eigenvalue weighted by atomic mass is 10.2. The number of nitrogens with one attached hydrogen (secondary N) is 1. The highest BCUT2D eigenvalue weighted by Crippen LogP contribution is 2.30. The summed E-state index contributed by atoms with van der Waals surface area (Å²) in [4.78, 5) is 8.01. The molecule has 0 amide bonds. The van der Waals surface area contributed by atoms with Gasteiger partial charge in [0.05, 0.1) is 5.69 Å². The molecule has 1 aromatic carbocycles. The Labute approximate surface area is 116 Å². The zero-order valence-electron chi connectivity index (χ0n) is 9.04. The van der Waals surface area contributed by atoms with Crippen LogP contribution in [0.1, 0.15) is 5.56 Å². The number of halogens is 2. The number of benzene rings is 1. The smallest absolute Gasteiger partial charge is 0.150 e. The van der Waals surface area contributed by atoms with Crippen LogP contribution in [0.3, 0.4) is 0 Å². The second kappa shape index (κ2) is 5.01. The van der Waals surface area contributed by atoms with Crippen LogP contribution in [0.5, 0.6) is 0 Å². The summed E-state index contributed by atoms with van der Waals surface area (Å²) in [5, 5.41) is 3.18. The Hall–Kier alpha value is -1.14. The van der Waals surface area contributed by atoms with E-state index in [0.717, 1.165) is 10.2 Å². The second-order valence-electron chi connectivity index (χ2n) is 3.53. The fourth-order valence-corrected chi connectivity index (χ4v) is 2.22. The van der Waals surface area contributed by atoms with Crippen molar-refractivity contribution >= 4 is 49.2 Å². The summed E-state index contributed by atoms with van der Waals surface area (Å²) in [7, 11) is 0. The van der Waals surface area contributed by atoms with Crippen LogP contribution in [0, 0.1) is 6.92 Å². The Morgan fingerprint density at radius 3 is 2.71 bits per heavy atom. The first-order valence-electron chi connectivity index (χ1n) is 4.87. The molecule has 0 spiro atoms. The molecule has 2 rings (SSSR count). The second-order valence-corrected chi connectivity index (χ2v) is 5.18. The van der Waals surface area contributed by atoms with Crippen molar-refractivity contribution in [3.05, 3.63) is 39.0 Å². The lowest BCUT2D eigenvalue weighted by Crippen LogP contribution is -2.00. The molecule has 0 unspecified atom stereocenters. The predicted molar refractivity (Wildman–Crippen MR) is 76.3 cm³/mol. The molecule has 0 fully saturated rings. The van der Waals surface area contributed by atoms with Gasteiger partial charge in [-0.15, -0.1) is 0 Å². The van der Waals surface area contributed by atoms with Gasteiger partial charge in [0.1, 0.15) is 22.4 Å². The summed E-state index contributed by atoms with van der Waals surface area (Å²) >= 11 is 6.84. The number of nitrogens with two attached hydrogens (primary N) is 1. The lowest BCUT2D eigenvalue weighted by molar-refractivity contribution is 1.16. The average molecular weight is 358 g/mol. The molecular formula is C11H10Br2N4. The number of aryl methyl sites for hydroxylation is 1. The van der Waals surface area contributed by atoms with E-state index in [4.69, 9.17) is 5.73 Å². The van der Waals surface area contributed by atoms with E-state index in [2.05, 4.69) is 47.1 Å². The summed E-state index contributed by atoms with van der Waals surface area (Å²) in [5.74, 6) is 1.05. The number of hydrogen-bond acceptors (Lipinski definition) is 4. The topological polar surface area (TPSA) is 63.8 Å². The van der Waals surface area contributed by atoms with Crippen molar-refractivity contribution < 1.29 is 0 Å². The summed E-state index contributed by atoms with van der Waals surface area (Å²) in [5.41, 5.74) is 7.80. The molecule has 1 aromatic heterocycles. The van der Waals surface area contributed by atoms with E-state index < -0.39 is 0 Å². The molecule has 0 saturated heterocycles. The van der Waals surface area contributed by atoms with Gasteiger partial charge in [-0.25, -0.2) is 9.97 Å². The van der Waals surface area contributed by atoms with E-state index in [0.29, 0.717) is 16.1 Å². The highest BCUT2D eigenvalue weighted by molar-refractivity contribution is 9.11. The van der Waals surface area contributed by atoms with Gasteiger partial charge in [0.25, 0.3) is 0 Å². The van der Waals surface area contributed by atoms with E-state index in [1.165, 1.54) is 11.9 Å². The Morgan fingerprint density at radius 1 is 1.24 bits per heavy atom. The van der Waals surface area contributed by atoms with Crippen molar-refractivity contribution in [2.24, 2.45) is 0 Å². The van der Waals surface area contributed by atoms with Crippen LogP contribution < -0.4 is 11.1 Å². The van der Waals surface area contributed by atoms with Gasteiger partial charge in [-0.3, -0.25) is 0 Å². The van der Waals surface area contributed by atoms with Gasteiger partial charge in [0, 0.05) is 4.47 Å². The standard InChI is InChI=1S/C11H10Br2N4/c1-6-2-3-8(7(12)4-6)17-11-9(13)10(14)15-5-16-11/h2-5H,1H3,(H3,14,15,16,17). The molecule has 0 atom stereocenters. The minimum atomic E-state index is 0.408. The molecule has 0 bridgehead atoms. The fourth-order valence-electron chi connectivity index (χ4n) is 1.32. The molecule has 0 saturated carbocycles. The maximum Gasteiger partial charge on any atom is 0.150 e. The lowest BCUT2D eigenvalue weighted by Gasteiger charge is -2.10. The van der Waals surface area contributed by atoms with E-state index in [1.807, 2.05) is 25.1 Å². The number of nitrogen functional groups attached to an aromatic ring is 1.